The second-order valence-corrected chi connectivity index (χ2v) is 11.1. The number of rotatable bonds is 5. The first kappa shape index (κ1) is 24.4. The third kappa shape index (κ3) is 3.73. The van der Waals surface area contributed by atoms with Crippen LogP contribution in [0.4, 0.5) is 0 Å². The molecule has 8 heteroatoms. The fraction of sp³-hybridized carbons (Fsp3) is 0.630. The predicted molar refractivity (Wildman–Crippen MR) is 124 cm³/mol. The highest BCUT2D eigenvalue weighted by atomic mass is 16.7. The first-order chi connectivity index (χ1) is 16.6. The minimum atomic E-state index is -1.12. The van der Waals surface area contributed by atoms with Gasteiger partial charge in [0.1, 0.15) is 5.41 Å². The van der Waals surface area contributed by atoms with E-state index in [0.29, 0.717) is 12.8 Å². The lowest BCUT2D eigenvalue weighted by Crippen LogP contribution is -2.68. The summed E-state index contributed by atoms with van der Waals surface area (Å²) in [5.74, 6) is -1.17. The fourth-order valence-electron chi connectivity index (χ4n) is 6.41. The van der Waals surface area contributed by atoms with Crippen molar-refractivity contribution in [3.05, 3.63) is 48.0 Å². The van der Waals surface area contributed by atoms with E-state index in [-0.39, 0.29) is 25.3 Å². The summed E-state index contributed by atoms with van der Waals surface area (Å²) in [6.07, 6.45) is 1.52. The number of aliphatic hydroxyl groups excluding tert-OH is 1. The molecule has 0 unspecified atom stereocenters. The molecular weight excluding hydrogens is 452 g/mol. The molecule has 35 heavy (non-hydrogen) atoms. The number of ether oxygens (including phenoxy) is 5. The number of carbonyl (C=O) groups excluding carboxylic acids is 2. The molecule has 190 valence electrons. The third-order valence-electron chi connectivity index (χ3n) is 8.11. The Bertz CT molecular complexity index is 1000. The molecule has 2 saturated heterocycles. The number of hydrogen-bond acceptors (Lipinski definition) is 8. The Kier molecular flexibility index (Phi) is 6.07. The number of aliphatic hydroxyl groups is 1. The number of carbonyl (C=O) groups is 2. The van der Waals surface area contributed by atoms with Gasteiger partial charge in [-0.2, -0.15) is 0 Å². The van der Waals surface area contributed by atoms with Gasteiger partial charge in [-0.3, -0.25) is 9.59 Å². The van der Waals surface area contributed by atoms with Gasteiger partial charge < -0.3 is 28.8 Å². The summed E-state index contributed by atoms with van der Waals surface area (Å²) in [4.78, 5) is 26.0. The summed E-state index contributed by atoms with van der Waals surface area (Å²) in [6.45, 7) is 5.66. The van der Waals surface area contributed by atoms with Gasteiger partial charge in [0.2, 0.25) is 0 Å². The molecule has 2 bridgehead atoms. The van der Waals surface area contributed by atoms with E-state index in [1.165, 1.54) is 7.11 Å². The SMILES string of the molecule is COC(=O)[C@]12CO[C@@H]3[C@H](O)C=C[C@](CCOC(=O)C(C)(C)C)([C@H]4C[C@@H]1O[C@@H](c1ccccc1)O4)[C@H]32. The second kappa shape index (κ2) is 8.69. The lowest BCUT2D eigenvalue weighted by atomic mass is 9.48. The molecular formula is C27H34O8. The van der Waals surface area contributed by atoms with Crippen LogP contribution in [0, 0.1) is 22.2 Å². The fourth-order valence-corrected chi connectivity index (χ4v) is 6.41. The number of benzene rings is 1. The first-order valence-corrected chi connectivity index (χ1v) is 12.2. The summed E-state index contributed by atoms with van der Waals surface area (Å²) in [5, 5.41) is 10.8. The highest BCUT2D eigenvalue weighted by Gasteiger charge is 2.74. The van der Waals surface area contributed by atoms with E-state index in [2.05, 4.69) is 0 Å². The maximum atomic E-state index is 13.5. The summed E-state index contributed by atoms with van der Waals surface area (Å²) >= 11 is 0. The van der Waals surface area contributed by atoms with Crippen LogP contribution >= 0.6 is 0 Å². The minimum absolute atomic E-state index is 0.0795. The van der Waals surface area contributed by atoms with Gasteiger partial charge >= 0.3 is 11.9 Å². The average Bonchev–Trinajstić information content (AvgIpc) is 3.27. The molecule has 4 aliphatic rings. The average molecular weight is 487 g/mol. The van der Waals surface area contributed by atoms with E-state index < -0.39 is 52.7 Å². The van der Waals surface area contributed by atoms with Gasteiger partial charge in [0, 0.05) is 23.3 Å². The van der Waals surface area contributed by atoms with Gasteiger partial charge in [-0.1, -0.05) is 42.5 Å². The van der Waals surface area contributed by atoms with Gasteiger partial charge in [0.15, 0.2) is 6.29 Å². The summed E-state index contributed by atoms with van der Waals surface area (Å²) < 4.78 is 30.1. The molecule has 0 amide bonds. The molecule has 3 fully saturated rings. The van der Waals surface area contributed by atoms with E-state index in [4.69, 9.17) is 23.7 Å². The van der Waals surface area contributed by atoms with Crippen LogP contribution in [0.25, 0.3) is 0 Å². The van der Waals surface area contributed by atoms with Gasteiger partial charge in [-0.25, -0.2) is 0 Å². The van der Waals surface area contributed by atoms with Gasteiger partial charge in [0.05, 0.1) is 50.2 Å². The first-order valence-electron chi connectivity index (χ1n) is 12.2. The van der Waals surface area contributed by atoms with Crippen LogP contribution < -0.4 is 0 Å². The molecule has 1 aromatic carbocycles. The Balaban J connectivity index is 1.56. The van der Waals surface area contributed by atoms with Crippen molar-refractivity contribution < 1.29 is 38.4 Å². The quantitative estimate of drug-likeness (QED) is 0.501. The molecule has 8 nitrogen and oxygen atoms in total. The number of esters is 2. The summed E-state index contributed by atoms with van der Waals surface area (Å²) in [7, 11) is 1.37. The lowest BCUT2D eigenvalue weighted by molar-refractivity contribution is -0.327. The molecule has 1 N–H and O–H groups in total. The second-order valence-electron chi connectivity index (χ2n) is 11.1. The van der Waals surface area contributed by atoms with Crippen molar-refractivity contribution in [1.82, 2.24) is 0 Å². The van der Waals surface area contributed by atoms with E-state index in [9.17, 15) is 14.7 Å². The van der Waals surface area contributed by atoms with Crippen LogP contribution in [0.5, 0.6) is 0 Å². The van der Waals surface area contributed by atoms with Gasteiger partial charge in [-0.05, 0) is 27.2 Å². The van der Waals surface area contributed by atoms with Crippen molar-refractivity contribution in [3.63, 3.8) is 0 Å². The molecule has 0 radical (unpaired) electrons. The van der Waals surface area contributed by atoms with Crippen molar-refractivity contribution in [2.75, 3.05) is 20.3 Å². The summed E-state index contributed by atoms with van der Waals surface area (Å²) in [6, 6.07) is 9.61. The molecule has 2 heterocycles. The normalized spacial score (nSPS) is 39.6. The van der Waals surface area contributed by atoms with Crippen molar-refractivity contribution >= 4 is 11.9 Å². The van der Waals surface area contributed by atoms with Crippen molar-refractivity contribution in [2.24, 2.45) is 22.2 Å². The Morgan fingerprint density at radius 1 is 1.14 bits per heavy atom. The molecule has 1 saturated carbocycles. The van der Waals surface area contributed by atoms with Crippen LogP contribution in [0.2, 0.25) is 0 Å². The van der Waals surface area contributed by atoms with E-state index in [0.717, 1.165) is 5.56 Å². The Morgan fingerprint density at radius 2 is 1.86 bits per heavy atom. The van der Waals surface area contributed by atoms with Crippen molar-refractivity contribution in [2.45, 2.75) is 64.3 Å². The van der Waals surface area contributed by atoms with Crippen LogP contribution in [-0.4, -0.2) is 61.8 Å². The monoisotopic (exact) mass is 486 g/mol. The number of hydrogen-bond donors (Lipinski definition) is 1. The molecule has 2 aliphatic carbocycles. The number of methoxy groups -OCH3 is 1. The molecule has 1 aromatic rings. The van der Waals surface area contributed by atoms with Crippen LogP contribution in [0.1, 0.15) is 45.5 Å². The van der Waals surface area contributed by atoms with Crippen molar-refractivity contribution in [3.8, 4) is 0 Å². The number of fused-ring (bicyclic) bond motifs is 4. The lowest BCUT2D eigenvalue weighted by Gasteiger charge is -2.60. The predicted octanol–water partition coefficient (Wildman–Crippen LogP) is 2.94. The van der Waals surface area contributed by atoms with Crippen LogP contribution in [0.15, 0.2) is 42.5 Å². The zero-order valence-electron chi connectivity index (χ0n) is 20.6. The molecule has 2 aliphatic heterocycles. The van der Waals surface area contributed by atoms with E-state index in [1.54, 1.807) is 6.08 Å². The van der Waals surface area contributed by atoms with Crippen LogP contribution in [-0.2, 0) is 33.3 Å². The van der Waals surface area contributed by atoms with Gasteiger partial charge in [0.25, 0.3) is 0 Å². The van der Waals surface area contributed by atoms with Crippen LogP contribution in [0.3, 0.4) is 0 Å². The summed E-state index contributed by atoms with van der Waals surface area (Å²) in [5.41, 5.74) is -1.62. The zero-order chi connectivity index (χ0) is 25.0. The highest BCUT2D eigenvalue weighted by Crippen LogP contribution is 2.65. The Morgan fingerprint density at radius 3 is 2.54 bits per heavy atom. The third-order valence-corrected chi connectivity index (χ3v) is 8.11. The Hall–Kier alpha value is -2.26. The largest absolute Gasteiger partial charge is 0.468 e. The topological polar surface area (TPSA) is 101 Å². The zero-order valence-corrected chi connectivity index (χ0v) is 20.6. The molecule has 0 aromatic heterocycles. The van der Waals surface area contributed by atoms with Crippen molar-refractivity contribution in [1.29, 1.82) is 0 Å². The standard InChI is InChI=1S/C27H34O8/c1-25(2,3)23(29)32-13-12-26-11-10-17(28)20-21(26)27(15-33-20,24(30)31-4)19-14-18(26)34-22(35-19)16-8-6-5-7-9-16/h5-11,17-22,28H,12-15H2,1-4H3/t17-,18-,19+,20-,21+,22+,26+,27-/m1/s1. The van der Waals surface area contributed by atoms with E-state index >= 15 is 0 Å². The highest BCUT2D eigenvalue weighted by molar-refractivity contribution is 5.80. The van der Waals surface area contributed by atoms with E-state index in [1.807, 2.05) is 57.2 Å². The smallest absolute Gasteiger partial charge is 0.317 e. The maximum absolute atomic E-state index is 13.5. The Labute approximate surface area is 205 Å². The molecule has 5 rings (SSSR count). The molecule has 8 atom stereocenters. The maximum Gasteiger partial charge on any atom is 0.317 e. The molecule has 0 spiro atoms. The van der Waals surface area contributed by atoms with Gasteiger partial charge in [-0.15, -0.1) is 0 Å². The minimum Gasteiger partial charge on any atom is -0.468 e.